The molecule has 0 saturated heterocycles. The molecule has 0 spiro atoms. The summed E-state index contributed by atoms with van der Waals surface area (Å²) >= 11 is 1.36. The van der Waals surface area contributed by atoms with Crippen LogP contribution in [-0.2, 0) is 9.84 Å². The molecule has 0 radical (unpaired) electrons. The van der Waals surface area contributed by atoms with Crippen molar-refractivity contribution in [3.05, 3.63) is 58.5 Å². The van der Waals surface area contributed by atoms with Gasteiger partial charge in [-0.2, -0.15) is 0 Å². The van der Waals surface area contributed by atoms with Crippen LogP contribution in [0.1, 0.15) is 11.7 Å². The Kier molecular flexibility index (Phi) is 3.88. The molecule has 3 aromatic rings. The second-order valence-corrected chi connectivity index (χ2v) is 9.02. The molecule has 1 atom stereocenters. The maximum Gasteiger partial charge on any atom is 0.276 e. The van der Waals surface area contributed by atoms with E-state index in [0.717, 1.165) is 10.8 Å². The molecule has 6 nitrogen and oxygen atoms in total. The van der Waals surface area contributed by atoms with Crippen LogP contribution in [0.15, 0.2) is 57.3 Å². The Balaban J connectivity index is 1.71. The predicted octanol–water partition coefficient (Wildman–Crippen LogP) is 2.22. The van der Waals surface area contributed by atoms with Gasteiger partial charge in [-0.15, -0.1) is 10.2 Å². The number of aryl methyl sites for hydroxylation is 1. The normalized spacial score (nSPS) is 16.9. The lowest BCUT2D eigenvalue weighted by Gasteiger charge is -2.14. The summed E-state index contributed by atoms with van der Waals surface area (Å²) < 4.78 is 27.2. The molecule has 128 valence electrons. The number of fused-ring (bicyclic) bond motifs is 2. The maximum absolute atomic E-state index is 12.9. The average molecular weight is 373 g/mol. The first kappa shape index (κ1) is 16.3. The van der Waals surface area contributed by atoms with Crippen molar-refractivity contribution in [3.8, 4) is 0 Å². The van der Waals surface area contributed by atoms with Crippen molar-refractivity contribution < 1.29 is 8.42 Å². The van der Waals surface area contributed by atoms with Gasteiger partial charge in [0.05, 0.1) is 16.7 Å². The summed E-state index contributed by atoms with van der Waals surface area (Å²) in [6.45, 7) is 1.58. The summed E-state index contributed by atoms with van der Waals surface area (Å²) in [5.74, 6) is 0.372. The van der Waals surface area contributed by atoms with Crippen molar-refractivity contribution >= 4 is 32.4 Å². The minimum atomic E-state index is -3.53. The monoisotopic (exact) mass is 373 g/mol. The van der Waals surface area contributed by atoms with Crippen LogP contribution in [0.2, 0.25) is 0 Å². The van der Waals surface area contributed by atoms with Crippen LogP contribution in [0.25, 0.3) is 10.8 Å². The number of nitrogens with zero attached hydrogens (tertiary/aromatic N) is 3. The summed E-state index contributed by atoms with van der Waals surface area (Å²) in [5.41, 5.74) is 0.00747. The fourth-order valence-corrected chi connectivity index (χ4v) is 5.74. The molecule has 0 unspecified atom stereocenters. The third-order valence-electron chi connectivity index (χ3n) is 4.28. The van der Waals surface area contributed by atoms with E-state index < -0.39 is 15.9 Å². The van der Waals surface area contributed by atoms with Crippen molar-refractivity contribution in [1.29, 1.82) is 0 Å². The molecule has 8 heteroatoms. The second-order valence-electron chi connectivity index (χ2n) is 6.00. The van der Waals surface area contributed by atoms with Crippen molar-refractivity contribution in [2.75, 3.05) is 11.5 Å². The van der Waals surface area contributed by atoms with E-state index in [9.17, 15) is 13.2 Å². The molecule has 4 rings (SSSR count). The van der Waals surface area contributed by atoms with Gasteiger partial charge in [0, 0.05) is 5.75 Å². The molecule has 2 aromatic carbocycles. The maximum atomic E-state index is 12.9. The van der Waals surface area contributed by atoms with Gasteiger partial charge in [-0.3, -0.25) is 9.36 Å². The molecule has 0 bridgehead atoms. The van der Waals surface area contributed by atoms with Crippen molar-refractivity contribution in [3.63, 3.8) is 0 Å². The van der Waals surface area contributed by atoms with Gasteiger partial charge in [-0.25, -0.2) is 8.42 Å². The smallest absolute Gasteiger partial charge is 0.276 e. The number of rotatable bonds is 3. The highest BCUT2D eigenvalue weighted by Crippen LogP contribution is 2.32. The van der Waals surface area contributed by atoms with Gasteiger partial charge in [-0.1, -0.05) is 42.1 Å². The van der Waals surface area contributed by atoms with Crippen LogP contribution in [0.5, 0.6) is 0 Å². The predicted molar refractivity (Wildman–Crippen MR) is 96.8 cm³/mol. The SMILES string of the molecule is Cc1nnc2n(c1=O)[C@@H](CS(=O)(=O)c1ccc3ccccc3c1)CS2. The largest absolute Gasteiger partial charge is 0.280 e. The first-order valence-corrected chi connectivity index (χ1v) is 10.4. The number of thioether (sulfide) groups is 1. The summed E-state index contributed by atoms with van der Waals surface area (Å²) in [7, 11) is -3.53. The topological polar surface area (TPSA) is 81.9 Å². The van der Waals surface area contributed by atoms with Crippen molar-refractivity contribution in [1.82, 2.24) is 14.8 Å². The van der Waals surface area contributed by atoms with E-state index in [2.05, 4.69) is 10.2 Å². The lowest BCUT2D eigenvalue weighted by Crippen LogP contribution is -2.31. The number of benzene rings is 2. The van der Waals surface area contributed by atoms with E-state index in [0.29, 0.717) is 10.9 Å². The molecule has 2 heterocycles. The van der Waals surface area contributed by atoms with E-state index >= 15 is 0 Å². The van der Waals surface area contributed by atoms with Crippen molar-refractivity contribution in [2.45, 2.75) is 23.0 Å². The van der Waals surface area contributed by atoms with Gasteiger partial charge in [0.25, 0.3) is 5.56 Å². The number of sulfone groups is 1. The molecular weight excluding hydrogens is 358 g/mol. The number of hydrogen-bond donors (Lipinski definition) is 0. The van der Waals surface area contributed by atoms with Crippen LogP contribution in [0.4, 0.5) is 0 Å². The van der Waals surface area contributed by atoms with Crippen LogP contribution < -0.4 is 5.56 Å². The van der Waals surface area contributed by atoms with Gasteiger partial charge in [-0.05, 0) is 29.8 Å². The Morgan fingerprint density at radius 1 is 1.16 bits per heavy atom. The van der Waals surface area contributed by atoms with Gasteiger partial charge in [0.15, 0.2) is 15.0 Å². The van der Waals surface area contributed by atoms with Crippen LogP contribution >= 0.6 is 11.8 Å². The zero-order chi connectivity index (χ0) is 17.6. The Morgan fingerprint density at radius 2 is 1.92 bits per heavy atom. The van der Waals surface area contributed by atoms with Gasteiger partial charge in [0.1, 0.15) is 5.69 Å². The van der Waals surface area contributed by atoms with Crippen LogP contribution in [-0.4, -0.2) is 34.7 Å². The zero-order valence-electron chi connectivity index (χ0n) is 13.4. The quantitative estimate of drug-likeness (QED) is 0.700. The molecule has 0 saturated carbocycles. The molecule has 0 aliphatic carbocycles. The van der Waals surface area contributed by atoms with Gasteiger partial charge >= 0.3 is 0 Å². The van der Waals surface area contributed by atoms with E-state index in [1.165, 1.54) is 16.3 Å². The molecule has 25 heavy (non-hydrogen) atoms. The van der Waals surface area contributed by atoms with E-state index in [1.807, 2.05) is 24.3 Å². The average Bonchev–Trinajstić information content (AvgIpc) is 3.00. The summed E-state index contributed by atoms with van der Waals surface area (Å²) in [6.07, 6.45) is 0. The Labute approximate surface area is 148 Å². The fourth-order valence-electron chi connectivity index (χ4n) is 2.97. The summed E-state index contributed by atoms with van der Waals surface area (Å²) in [4.78, 5) is 12.6. The standard InChI is InChI=1S/C17H15N3O3S2/c1-11-16(21)20-14(9-24-17(20)19-18-11)10-25(22,23)15-7-6-12-4-2-3-5-13(12)8-15/h2-8,14H,9-10H2,1H3/t14-/m1/s1. The Bertz CT molecular complexity index is 1140. The summed E-state index contributed by atoms with van der Waals surface area (Å²) in [5, 5.41) is 10.2. The van der Waals surface area contributed by atoms with Crippen LogP contribution in [0.3, 0.4) is 0 Å². The van der Waals surface area contributed by atoms with E-state index in [4.69, 9.17) is 0 Å². The molecule has 1 aliphatic heterocycles. The second kappa shape index (κ2) is 5.96. The summed E-state index contributed by atoms with van der Waals surface area (Å²) in [6, 6.07) is 12.3. The Morgan fingerprint density at radius 3 is 2.72 bits per heavy atom. The fraction of sp³-hybridized carbons (Fsp3) is 0.235. The van der Waals surface area contributed by atoms with Gasteiger partial charge < -0.3 is 0 Å². The molecule has 0 N–H and O–H groups in total. The highest BCUT2D eigenvalue weighted by molar-refractivity contribution is 7.99. The minimum absolute atomic E-state index is 0.129. The number of hydrogen-bond acceptors (Lipinski definition) is 6. The molecular formula is C17H15N3O3S2. The third kappa shape index (κ3) is 2.85. The molecule has 0 fully saturated rings. The molecule has 0 amide bonds. The minimum Gasteiger partial charge on any atom is -0.280 e. The van der Waals surface area contributed by atoms with Gasteiger partial charge in [0.2, 0.25) is 0 Å². The number of aromatic nitrogens is 3. The van der Waals surface area contributed by atoms with Crippen LogP contribution in [0, 0.1) is 6.92 Å². The first-order valence-electron chi connectivity index (χ1n) is 7.76. The van der Waals surface area contributed by atoms with E-state index in [1.54, 1.807) is 25.1 Å². The zero-order valence-corrected chi connectivity index (χ0v) is 15.0. The lowest BCUT2D eigenvalue weighted by atomic mass is 10.1. The molecule has 1 aliphatic rings. The Hall–Kier alpha value is -2.19. The third-order valence-corrected chi connectivity index (χ3v) is 7.17. The highest BCUT2D eigenvalue weighted by atomic mass is 32.2. The highest BCUT2D eigenvalue weighted by Gasteiger charge is 2.31. The van der Waals surface area contributed by atoms with Crippen molar-refractivity contribution in [2.24, 2.45) is 0 Å². The lowest BCUT2D eigenvalue weighted by molar-refractivity contribution is 0.510. The molecule has 1 aromatic heterocycles. The first-order chi connectivity index (χ1) is 12.0. The van der Waals surface area contributed by atoms with E-state index in [-0.39, 0.29) is 21.9 Å².